The first kappa shape index (κ1) is 13.4. The molecular weight excluding hydrogens is 232 g/mol. The van der Waals surface area contributed by atoms with E-state index in [2.05, 4.69) is 4.74 Å². The first-order chi connectivity index (χ1) is 7.45. The van der Waals surface area contributed by atoms with E-state index in [4.69, 9.17) is 5.73 Å². The Bertz CT molecular complexity index is 341. The lowest BCUT2D eigenvalue weighted by Gasteiger charge is -2.15. The molecule has 0 aliphatic carbocycles. The van der Waals surface area contributed by atoms with Crippen LogP contribution in [0.1, 0.15) is 19.3 Å². The molecule has 0 saturated carbocycles. The van der Waals surface area contributed by atoms with Crippen molar-refractivity contribution in [1.29, 1.82) is 0 Å². The number of carbonyl (C=O) groups is 1. The summed E-state index contributed by atoms with van der Waals surface area (Å²) in [6.45, 7) is 0.877. The Hall–Kier alpha value is -0.660. The van der Waals surface area contributed by atoms with Crippen LogP contribution in [0.25, 0.3) is 0 Å². The molecule has 1 fully saturated rings. The van der Waals surface area contributed by atoms with Crippen molar-refractivity contribution < 1.29 is 17.9 Å². The smallest absolute Gasteiger partial charge is 0.305 e. The van der Waals surface area contributed by atoms with Gasteiger partial charge >= 0.3 is 5.97 Å². The fourth-order valence-corrected chi connectivity index (χ4v) is 3.21. The average Bonchev–Trinajstić information content (AvgIpc) is 2.65. The highest BCUT2D eigenvalue weighted by Crippen LogP contribution is 2.13. The monoisotopic (exact) mass is 250 g/mol. The molecule has 0 spiro atoms. The summed E-state index contributed by atoms with van der Waals surface area (Å²) in [5.41, 5.74) is 5.64. The summed E-state index contributed by atoms with van der Waals surface area (Å²) < 4.78 is 29.4. The van der Waals surface area contributed by atoms with Crippen molar-refractivity contribution in [3.05, 3.63) is 0 Å². The van der Waals surface area contributed by atoms with Crippen LogP contribution in [0.15, 0.2) is 0 Å². The molecule has 1 rings (SSSR count). The average molecular weight is 250 g/mol. The molecule has 0 aromatic heterocycles. The van der Waals surface area contributed by atoms with E-state index in [9.17, 15) is 13.2 Å². The maximum atomic E-state index is 11.8. The number of nitrogens with zero attached hydrogens (tertiary/aromatic N) is 1. The number of esters is 1. The number of nitrogens with two attached hydrogens (primary N) is 1. The maximum Gasteiger partial charge on any atom is 0.305 e. The number of rotatable bonds is 5. The van der Waals surface area contributed by atoms with Gasteiger partial charge < -0.3 is 10.5 Å². The molecule has 6 nitrogen and oxygen atoms in total. The molecule has 1 aliphatic heterocycles. The van der Waals surface area contributed by atoms with Crippen molar-refractivity contribution in [2.75, 3.05) is 26.0 Å². The Labute approximate surface area is 95.8 Å². The number of hydrogen-bond acceptors (Lipinski definition) is 5. The minimum atomic E-state index is -3.25. The molecule has 0 amide bonds. The van der Waals surface area contributed by atoms with Crippen molar-refractivity contribution in [1.82, 2.24) is 4.31 Å². The lowest BCUT2D eigenvalue weighted by atomic mass is 10.3. The van der Waals surface area contributed by atoms with Gasteiger partial charge in [-0.2, -0.15) is 0 Å². The van der Waals surface area contributed by atoms with Crippen LogP contribution >= 0.6 is 0 Å². The fraction of sp³-hybridized carbons (Fsp3) is 0.889. The molecule has 7 heteroatoms. The van der Waals surface area contributed by atoms with E-state index in [1.54, 1.807) is 0 Å². The molecule has 0 aromatic carbocycles. The van der Waals surface area contributed by atoms with Crippen LogP contribution in [0.3, 0.4) is 0 Å². The second-order valence-electron chi connectivity index (χ2n) is 3.90. The molecule has 0 bridgehead atoms. The standard InChI is InChI=1S/C9H18N2O4S/c1-15-9(12)3-2-6-16(13,14)11-5-4-8(10)7-11/h8H,2-7,10H2,1H3/t8-/m0/s1. The summed E-state index contributed by atoms with van der Waals surface area (Å²) >= 11 is 0. The zero-order chi connectivity index (χ0) is 12.2. The number of sulfonamides is 1. The molecule has 0 radical (unpaired) electrons. The van der Waals surface area contributed by atoms with E-state index in [0.29, 0.717) is 25.9 Å². The molecule has 2 N–H and O–H groups in total. The van der Waals surface area contributed by atoms with E-state index in [1.807, 2.05) is 0 Å². The second kappa shape index (κ2) is 5.60. The van der Waals surface area contributed by atoms with Crippen LogP contribution in [0.5, 0.6) is 0 Å². The number of carbonyl (C=O) groups excluding carboxylic acids is 1. The fourth-order valence-electron chi connectivity index (χ4n) is 1.64. The summed E-state index contributed by atoms with van der Waals surface area (Å²) in [6, 6.07) is -0.0598. The molecule has 0 unspecified atom stereocenters. The normalized spacial score (nSPS) is 22.2. The lowest BCUT2D eigenvalue weighted by molar-refractivity contribution is -0.140. The molecule has 1 saturated heterocycles. The van der Waals surface area contributed by atoms with Gasteiger partial charge in [0.05, 0.1) is 12.9 Å². The van der Waals surface area contributed by atoms with Crippen molar-refractivity contribution >= 4 is 16.0 Å². The molecule has 94 valence electrons. The van der Waals surface area contributed by atoms with Crippen molar-refractivity contribution in [3.63, 3.8) is 0 Å². The van der Waals surface area contributed by atoms with Gasteiger partial charge in [0.2, 0.25) is 10.0 Å². The first-order valence-electron chi connectivity index (χ1n) is 5.26. The van der Waals surface area contributed by atoms with Gasteiger partial charge in [0, 0.05) is 25.6 Å². The summed E-state index contributed by atoms with van der Waals surface area (Å²) in [5, 5.41) is 0. The summed E-state index contributed by atoms with van der Waals surface area (Å²) in [7, 11) is -1.96. The van der Waals surface area contributed by atoms with E-state index in [0.717, 1.165) is 0 Å². The maximum absolute atomic E-state index is 11.8. The number of methoxy groups -OCH3 is 1. The van der Waals surface area contributed by atoms with Crippen LogP contribution in [-0.2, 0) is 19.6 Å². The highest BCUT2D eigenvalue weighted by Gasteiger charge is 2.29. The van der Waals surface area contributed by atoms with E-state index >= 15 is 0 Å². The quantitative estimate of drug-likeness (QED) is 0.652. The van der Waals surface area contributed by atoms with E-state index < -0.39 is 10.0 Å². The molecule has 0 aromatic rings. The van der Waals surface area contributed by atoms with Gasteiger partial charge in [0.15, 0.2) is 0 Å². The van der Waals surface area contributed by atoms with Crippen LogP contribution in [0.4, 0.5) is 0 Å². The topological polar surface area (TPSA) is 89.7 Å². The Kier molecular flexibility index (Phi) is 4.69. The first-order valence-corrected chi connectivity index (χ1v) is 6.87. The molecular formula is C9H18N2O4S. The van der Waals surface area contributed by atoms with Crippen molar-refractivity contribution in [2.45, 2.75) is 25.3 Å². The van der Waals surface area contributed by atoms with Gasteiger partial charge in [0.25, 0.3) is 0 Å². The van der Waals surface area contributed by atoms with Gasteiger partial charge in [-0.25, -0.2) is 12.7 Å². The highest BCUT2D eigenvalue weighted by molar-refractivity contribution is 7.89. The third kappa shape index (κ3) is 3.73. The third-order valence-corrected chi connectivity index (χ3v) is 4.51. The summed E-state index contributed by atoms with van der Waals surface area (Å²) in [6.07, 6.45) is 1.13. The number of ether oxygens (including phenoxy) is 1. The van der Waals surface area contributed by atoms with Crippen molar-refractivity contribution in [3.8, 4) is 0 Å². The number of hydrogen-bond donors (Lipinski definition) is 1. The Morgan fingerprint density at radius 1 is 1.56 bits per heavy atom. The predicted octanol–water partition coefficient (Wildman–Crippen LogP) is -0.698. The highest BCUT2D eigenvalue weighted by atomic mass is 32.2. The largest absolute Gasteiger partial charge is 0.469 e. The molecule has 1 aliphatic rings. The summed E-state index contributed by atoms with van der Waals surface area (Å²) in [5.74, 6) is -0.400. The van der Waals surface area contributed by atoms with Crippen LogP contribution < -0.4 is 5.73 Å². The van der Waals surface area contributed by atoms with E-state index in [-0.39, 0.29) is 24.2 Å². The predicted molar refractivity (Wildman–Crippen MR) is 59.2 cm³/mol. The Morgan fingerprint density at radius 3 is 2.75 bits per heavy atom. The molecule has 1 atom stereocenters. The van der Waals surface area contributed by atoms with Gasteiger partial charge in [-0.1, -0.05) is 0 Å². The Morgan fingerprint density at radius 2 is 2.25 bits per heavy atom. The Balaban J connectivity index is 2.37. The van der Waals surface area contributed by atoms with E-state index in [1.165, 1.54) is 11.4 Å². The van der Waals surface area contributed by atoms with Gasteiger partial charge in [-0.05, 0) is 12.8 Å². The van der Waals surface area contributed by atoms with Crippen LogP contribution in [-0.4, -0.2) is 50.7 Å². The van der Waals surface area contributed by atoms with Crippen LogP contribution in [0, 0.1) is 0 Å². The van der Waals surface area contributed by atoms with Crippen LogP contribution in [0.2, 0.25) is 0 Å². The van der Waals surface area contributed by atoms with Gasteiger partial charge in [-0.3, -0.25) is 4.79 Å². The lowest BCUT2D eigenvalue weighted by Crippen LogP contribution is -2.33. The molecule has 16 heavy (non-hydrogen) atoms. The minimum absolute atomic E-state index is 0.0190. The van der Waals surface area contributed by atoms with Crippen molar-refractivity contribution in [2.24, 2.45) is 5.73 Å². The second-order valence-corrected chi connectivity index (χ2v) is 5.99. The molecule has 1 heterocycles. The van der Waals surface area contributed by atoms with Gasteiger partial charge in [0.1, 0.15) is 0 Å². The zero-order valence-corrected chi connectivity index (χ0v) is 10.2. The summed E-state index contributed by atoms with van der Waals surface area (Å²) in [4.78, 5) is 10.8. The zero-order valence-electron chi connectivity index (χ0n) is 9.39. The SMILES string of the molecule is COC(=O)CCCS(=O)(=O)N1CC[C@H](N)C1. The third-order valence-electron chi connectivity index (χ3n) is 2.59. The van der Waals surface area contributed by atoms with Gasteiger partial charge in [-0.15, -0.1) is 0 Å². The minimum Gasteiger partial charge on any atom is -0.469 e.